The molecule has 396 valence electrons. The number of nitrogens with zero attached hydrogens (tertiary/aromatic N) is 6. The summed E-state index contributed by atoms with van der Waals surface area (Å²) in [5, 5.41) is 14.3. The molecule has 0 unspecified atom stereocenters. The first kappa shape index (κ1) is 53.4. The van der Waals surface area contributed by atoms with Crippen molar-refractivity contribution in [2.75, 3.05) is 12.4 Å². The van der Waals surface area contributed by atoms with E-state index in [1.165, 1.54) is 0 Å². The third-order valence-corrected chi connectivity index (χ3v) is 16.1. The van der Waals surface area contributed by atoms with Crippen LogP contribution in [0.15, 0.2) is 231 Å². The lowest BCUT2D eigenvalue weighted by Crippen LogP contribution is -2.54. The van der Waals surface area contributed by atoms with Gasteiger partial charge in [0.2, 0.25) is 11.8 Å². The number of ether oxygens (including phenoxy) is 1. The van der Waals surface area contributed by atoms with Crippen LogP contribution in [0.5, 0.6) is 5.75 Å². The Labute approximate surface area is 489 Å². The first-order chi connectivity index (χ1) is 40.0. The molecule has 12 nitrogen and oxygen atoms in total. The van der Waals surface area contributed by atoms with Crippen molar-refractivity contribution in [2.45, 2.75) is 6.42 Å². The minimum absolute atomic E-state index is 0.0133. The van der Waals surface area contributed by atoms with E-state index in [9.17, 15) is 24.8 Å². The van der Waals surface area contributed by atoms with Gasteiger partial charge in [0.15, 0.2) is 11.2 Å². The van der Waals surface area contributed by atoms with E-state index in [4.69, 9.17) is 23.5 Å². The van der Waals surface area contributed by atoms with Crippen LogP contribution in [0.3, 0.4) is 0 Å². The molecular formula is C65H44B2Br2N6O6S. The molecule has 4 aromatic heterocycles. The summed E-state index contributed by atoms with van der Waals surface area (Å²) in [6.45, 7) is 12.6. The van der Waals surface area contributed by atoms with Gasteiger partial charge in [-0.3, -0.25) is 4.55 Å². The Kier molecular flexibility index (Phi) is 14.8. The number of benzene rings is 8. The van der Waals surface area contributed by atoms with Gasteiger partial charge in [-0.15, -0.1) is 0 Å². The fourth-order valence-corrected chi connectivity index (χ4v) is 12.1. The summed E-state index contributed by atoms with van der Waals surface area (Å²) < 4.78 is 58.5. The Balaban J connectivity index is 1.40. The predicted octanol–water partition coefficient (Wildman–Crippen LogP) is 11.0. The van der Waals surface area contributed by atoms with Gasteiger partial charge in [0.1, 0.15) is 28.4 Å². The summed E-state index contributed by atoms with van der Waals surface area (Å²) in [6.07, 6.45) is 1.87. The first-order valence-electron chi connectivity index (χ1n) is 26.1. The first-order valence-corrected chi connectivity index (χ1v) is 29.3. The van der Waals surface area contributed by atoms with Crippen LogP contribution in [-0.2, 0) is 10.1 Å². The van der Waals surface area contributed by atoms with Crippen LogP contribution in [0.4, 0.5) is 0 Å². The smallest absolute Gasteiger partial charge is 0.328 e. The number of halogens is 2. The van der Waals surface area contributed by atoms with E-state index in [1.807, 2.05) is 152 Å². The normalized spacial score (nSPS) is 12.3. The lowest BCUT2D eigenvalue weighted by atomic mass is 9.50. The van der Waals surface area contributed by atoms with Gasteiger partial charge in [0.25, 0.3) is 15.8 Å². The summed E-state index contributed by atoms with van der Waals surface area (Å²) >= 11 is 7.25. The largest absolute Gasteiger partial charge is 0.494 e. The molecule has 1 N–H and O–H groups in total. The molecule has 0 aliphatic heterocycles. The second kappa shape index (κ2) is 22.7. The molecule has 0 saturated heterocycles. The van der Waals surface area contributed by atoms with Gasteiger partial charge in [0, 0.05) is 36.7 Å². The van der Waals surface area contributed by atoms with E-state index in [0.29, 0.717) is 66.4 Å². The zero-order valence-electron chi connectivity index (χ0n) is 43.5. The van der Waals surface area contributed by atoms with E-state index < -0.39 is 29.6 Å². The van der Waals surface area contributed by atoms with E-state index in [-0.39, 0.29) is 36.1 Å². The Morgan fingerprint density at radius 2 is 1.13 bits per heavy atom. The summed E-state index contributed by atoms with van der Waals surface area (Å²) in [7, 11) is -4.21. The molecular weight excluding hydrogens is 1170 g/mol. The van der Waals surface area contributed by atoms with Crippen molar-refractivity contribution in [1.82, 2.24) is 18.9 Å². The Morgan fingerprint density at radius 3 is 1.63 bits per heavy atom. The number of hydrogen-bond donors (Lipinski definition) is 1. The number of hydrogen-bond acceptors (Lipinski definition) is 8. The molecule has 82 heavy (non-hydrogen) atoms. The lowest BCUT2D eigenvalue weighted by Gasteiger charge is -2.24. The van der Waals surface area contributed by atoms with Gasteiger partial charge in [-0.1, -0.05) is 212 Å². The molecule has 0 saturated carbocycles. The van der Waals surface area contributed by atoms with E-state index >= 15 is 0 Å². The van der Waals surface area contributed by atoms with Crippen LogP contribution in [0.25, 0.3) is 77.7 Å². The molecule has 0 aliphatic carbocycles. The van der Waals surface area contributed by atoms with Gasteiger partial charge in [-0.2, -0.15) is 13.7 Å². The number of oxazole rings is 2. The highest BCUT2D eigenvalue weighted by Gasteiger charge is 2.38. The maximum absolute atomic E-state index is 12.2. The van der Waals surface area contributed by atoms with Gasteiger partial charge in [-0.05, 0) is 78.2 Å². The molecule has 8 aromatic carbocycles. The summed E-state index contributed by atoms with van der Waals surface area (Å²) in [5.41, 5.74) is 9.10. The number of aromatic nitrogens is 4. The fraction of sp³-hybridized carbons (Fsp3) is 0.0462. The van der Waals surface area contributed by atoms with Crippen molar-refractivity contribution in [3.63, 3.8) is 0 Å². The molecule has 12 rings (SSSR count). The Hall–Kier alpha value is -9.22. The van der Waals surface area contributed by atoms with Crippen LogP contribution >= 0.6 is 31.9 Å². The van der Waals surface area contributed by atoms with E-state index in [2.05, 4.69) is 107 Å². The van der Waals surface area contributed by atoms with Crippen molar-refractivity contribution >= 4 is 128 Å². The Bertz CT molecular complexity index is 4570. The molecule has 0 aliphatic rings. The summed E-state index contributed by atoms with van der Waals surface area (Å²) in [4.78, 5) is 14.7. The highest BCUT2D eigenvalue weighted by molar-refractivity contribution is 9.10. The second-order valence-corrected chi connectivity index (χ2v) is 22.7. The van der Waals surface area contributed by atoms with E-state index in [1.54, 1.807) is 12.1 Å². The minimum atomic E-state index is -4.21. The van der Waals surface area contributed by atoms with Gasteiger partial charge in [-0.25, -0.2) is 14.8 Å². The van der Waals surface area contributed by atoms with Crippen LogP contribution < -0.4 is 37.3 Å². The second-order valence-electron chi connectivity index (χ2n) is 19.3. The maximum atomic E-state index is 12.2. The van der Waals surface area contributed by atoms with Gasteiger partial charge < -0.3 is 22.5 Å². The monoisotopic (exact) mass is 1220 g/mol. The highest BCUT2D eigenvalue weighted by Crippen LogP contribution is 2.39. The zero-order valence-corrected chi connectivity index (χ0v) is 47.5. The minimum Gasteiger partial charge on any atom is -0.494 e. The molecule has 0 bridgehead atoms. The van der Waals surface area contributed by atoms with Crippen molar-refractivity contribution < 1.29 is 26.5 Å². The molecule has 0 atom stereocenters. The van der Waals surface area contributed by atoms with Crippen LogP contribution in [0.1, 0.15) is 23.8 Å². The Morgan fingerprint density at radius 1 is 0.659 bits per heavy atom. The van der Waals surface area contributed by atoms with Crippen LogP contribution in [-0.4, -0.2) is 57.9 Å². The van der Waals surface area contributed by atoms with Gasteiger partial charge in [0.05, 0.1) is 29.6 Å². The van der Waals surface area contributed by atoms with Crippen molar-refractivity contribution in [1.29, 1.82) is 5.26 Å². The van der Waals surface area contributed by atoms with Crippen molar-refractivity contribution in [3.05, 3.63) is 261 Å². The van der Waals surface area contributed by atoms with Gasteiger partial charge >= 0.3 is 13.7 Å². The molecule has 0 amide bonds. The topological polar surface area (TPSA) is 154 Å². The molecule has 0 spiro atoms. The predicted molar refractivity (Wildman–Crippen MR) is 334 cm³/mol. The van der Waals surface area contributed by atoms with Crippen molar-refractivity contribution in [3.8, 4) is 34.3 Å². The molecule has 4 heterocycles. The van der Waals surface area contributed by atoms with Crippen molar-refractivity contribution in [2.24, 2.45) is 0 Å². The quantitative estimate of drug-likeness (QED) is 0.0431. The van der Waals surface area contributed by atoms with Crippen LogP contribution in [0, 0.1) is 17.9 Å². The molecule has 17 heteroatoms. The maximum Gasteiger partial charge on any atom is 0.328 e. The summed E-state index contributed by atoms with van der Waals surface area (Å²) in [5.74, 6) is 0.111. The molecule has 12 aromatic rings. The number of rotatable bonds is 16. The molecule has 0 fully saturated rings. The zero-order chi connectivity index (χ0) is 56.5. The third kappa shape index (κ3) is 10.2. The number of nitriles is 1. The van der Waals surface area contributed by atoms with Crippen LogP contribution in [0.2, 0.25) is 0 Å². The average molecular weight is 1220 g/mol. The summed E-state index contributed by atoms with van der Waals surface area (Å²) in [6, 6.07) is 69.5. The number of fused-ring (bicyclic) bond motifs is 3. The average Bonchev–Trinajstić information content (AvgIpc) is 3.49. The fourth-order valence-electron chi connectivity index (χ4n) is 10.9. The standard InChI is InChI=1S/C65H44B2Br2N6O6S/c1-3-42-19-16-17-28-51(42)61-58-57(62(52(41-70)64-72-53-35-31-48(68)39-55(53)80-64)75(61)67(46-24-12-6-13-25-46)47-26-14-7-15-27-47)60(43-29-33-50(34-30-43)79-37-18-38-82(76,77)78)74(66(44-20-8-4-9-21-44)45-22-10-5-11-23-45)63(58)59(71-2)65-73-54-36-32-49(69)40-56(54)81-65/h3-17,19-36,39-40H,1,18,37-38H2,(H,76,77,78)/b62-52-,63-59+. The van der Waals surface area contributed by atoms with E-state index in [0.717, 1.165) is 41.9 Å². The lowest BCUT2D eigenvalue weighted by molar-refractivity contribution is 0.316. The molecule has 0 radical (unpaired) electrons. The highest BCUT2D eigenvalue weighted by atomic mass is 79.9. The SMILES string of the molecule is [C-]#[N+]/C(c1nc2ccc(Br)cc2o1)=c1\c2c(-c3ccccc3C=C)n(B(c3ccccc3)c3ccccc3)/c(=C(/C#N)c3nc4ccc(Br)cc4o3)c2c(-c2ccc(OCCCS(=O)(=O)O)cc2)n1B(c1ccccc1)c1ccccc1. The third-order valence-electron chi connectivity index (χ3n) is 14.3.